The smallest absolute Gasteiger partial charge is 0.234 e. The third kappa shape index (κ3) is 5.36. The largest absolute Gasteiger partial charge is 0.348 e. The van der Waals surface area contributed by atoms with Crippen LogP contribution >= 0.6 is 11.6 Å². The maximum absolute atomic E-state index is 12.3. The fourth-order valence-corrected chi connectivity index (χ4v) is 2.85. The minimum absolute atomic E-state index is 0.0148. The van der Waals surface area contributed by atoms with Crippen LogP contribution in [-0.4, -0.2) is 12.5 Å². The Hall–Kier alpha value is -1.84. The highest BCUT2D eigenvalue weighted by molar-refractivity contribution is 6.30. The molecule has 0 heterocycles. The van der Waals surface area contributed by atoms with Crippen LogP contribution in [0.25, 0.3) is 0 Å². The van der Waals surface area contributed by atoms with E-state index in [1.54, 1.807) is 0 Å². The van der Waals surface area contributed by atoms with Gasteiger partial charge in [0.1, 0.15) is 0 Å². The molecule has 0 radical (unpaired) electrons. The molecule has 3 nitrogen and oxygen atoms in total. The molecule has 0 saturated carbocycles. The van der Waals surface area contributed by atoms with E-state index in [4.69, 9.17) is 11.6 Å². The summed E-state index contributed by atoms with van der Waals surface area (Å²) in [7, 11) is 0. The van der Waals surface area contributed by atoms with E-state index in [2.05, 4.69) is 36.6 Å². The monoisotopic (exact) mass is 344 g/mol. The molecule has 1 amide bonds. The minimum Gasteiger partial charge on any atom is -0.348 e. The van der Waals surface area contributed by atoms with Crippen molar-refractivity contribution in [1.82, 2.24) is 10.6 Å². The molecule has 0 fully saturated rings. The normalized spacial score (nSPS) is 13.5. The second kappa shape index (κ2) is 8.86. The van der Waals surface area contributed by atoms with Gasteiger partial charge in [-0.2, -0.15) is 0 Å². The van der Waals surface area contributed by atoms with E-state index in [0.29, 0.717) is 10.9 Å². The molecule has 0 aliphatic heterocycles. The second-order valence-corrected chi connectivity index (χ2v) is 6.79. The van der Waals surface area contributed by atoms with Crippen molar-refractivity contribution in [2.75, 3.05) is 6.54 Å². The average molecular weight is 345 g/mol. The van der Waals surface area contributed by atoms with Gasteiger partial charge in [0.2, 0.25) is 5.91 Å². The third-order valence-corrected chi connectivity index (χ3v) is 4.31. The zero-order chi connectivity index (χ0) is 17.5. The van der Waals surface area contributed by atoms with Gasteiger partial charge in [0.25, 0.3) is 0 Å². The molecule has 2 atom stereocenters. The summed E-state index contributed by atoms with van der Waals surface area (Å²) in [5, 5.41) is 7.08. The van der Waals surface area contributed by atoms with Gasteiger partial charge >= 0.3 is 0 Å². The molecule has 128 valence electrons. The lowest BCUT2D eigenvalue weighted by atomic mass is 9.96. The number of hydrogen-bond acceptors (Lipinski definition) is 2. The molecule has 0 bridgehead atoms. The van der Waals surface area contributed by atoms with Crippen molar-refractivity contribution in [1.29, 1.82) is 0 Å². The second-order valence-electron chi connectivity index (χ2n) is 6.35. The van der Waals surface area contributed by atoms with Gasteiger partial charge < -0.3 is 10.6 Å². The van der Waals surface area contributed by atoms with Gasteiger partial charge in [0.05, 0.1) is 12.6 Å². The van der Waals surface area contributed by atoms with E-state index in [1.165, 1.54) is 5.56 Å². The highest BCUT2D eigenvalue weighted by Crippen LogP contribution is 2.21. The van der Waals surface area contributed by atoms with Gasteiger partial charge in [-0.25, -0.2) is 0 Å². The predicted molar refractivity (Wildman–Crippen MR) is 100 cm³/mol. The summed E-state index contributed by atoms with van der Waals surface area (Å²) in [5.74, 6) is 0.382. The molecule has 0 unspecified atom stereocenters. The van der Waals surface area contributed by atoms with E-state index in [-0.39, 0.29) is 24.5 Å². The van der Waals surface area contributed by atoms with Gasteiger partial charge in [-0.3, -0.25) is 4.79 Å². The Morgan fingerprint density at radius 2 is 1.58 bits per heavy atom. The molecule has 0 aliphatic carbocycles. The van der Waals surface area contributed by atoms with Crippen molar-refractivity contribution >= 4 is 17.5 Å². The molecule has 2 N–H and O–H groups in total. The van der Waals surface area contributed by atoms with Gasteiger partial charge in [0.15, 0.2) is 0 Å². The maximum Gasteiger partial charge on any atom is 0.234 e. The molecule has 0 spiro atoms. The lowest BCUT2D eigenvalue weighted by Gasteiger charge is -2.23. The first kappa shape index (κ1) is 18.5. The summed E-state index contributed by atoms with van der Waals surface area (Å²) < 4.78 is 0. The lowest BCUT2D eigenvalue weighted by molar-refractivity contribution is -0.121. The number of carbonyl (C=O) groups is 1. The molecular formula is C20H25ClN2O. The van der Waals surface area contributed by atoms with Crippen LogP contribution in [0.1, 0.15) is 44.0 Å². The summed E-state index contributed by atoms with van der Waals surface area (Å²) >= 11 is 5.90. The minimum atomic E-state index is -0.0502. The molecule has 2 aromatic carbocycles. The topological polar surface area (TPSA) is 41.1 Å². The van der Waals surface area contributed by atoms with Crippen LogP contribution < -0.4 is 10.6 Å². The van der Waals surface area contributed by atoms with Gasteiger partial charge in [-0.05, 0) is 36.1 Å². The Kier molecular flexibility index (Phi) is 6.83. The molecular weight excluding hydrogens is 320 g/mol. The predicted octanol–water partition coefficient (Wildman–Crippen LogP) is 4.50. The zero-order valence-electron chi connectivity index (χ0n) is 14.4. The molecule has 4 heteroatoms. The summed E-state index contributed by atoms with van der Waals surface area (Å²) in [5.41, 5.74) is 2.24. The Morgan fingerprint density at radius 3 is 2.17 bits per heavy atom. The first-order valence-electron chi connectivity index (χ1n) is 8.30. The molecule has 24 heavy (non-hydrogen) atoms. The number of hydrogen-bond donors (Lipinski definition) is 2. The van der Waals surface area contributed by atoms with E-state index in [0.717, 1.165) is 5.56 Å². The first-order chi connectivity index (χ1) is 11.5. The molecule has 0 aromatic heterocycles. The number of carbonyl (C=O) groups excluding carboxylic acids is 1. The molecule has 0 saturated heterocycles. The average Bonchev–Trinajstić information content (AvgIpc) is 2.56. The summed E-state index contributed by atoms with van der Waals surface area (Å²) in [6.07, 6.45) is 0. The number of benzene rings is 2. The van der Waals surface area contributed by atoms with E-state index in [9.17, 15) is 4.79 Å². The summed E-state index contributed by atoms with van der Waals surface area (Å²) in [6.45, 7) is 6.56. The van der Waals surface area contributed by atoms with Crippen molar-refractivity contribution < 1.29 is 4.79 Å². The Balaban J connectivity index is 1.90. The van der Waals surface area contributed by atoms with Crippen molar-refractivity contribution in [3.05, 3.63) is 70.7 Å². The van der Waals surface area contributed by atoms with Crippen molar-refractivity contribution in [2.45, 2.75) is 32.9 Å². The van der Waals surface area contributed by atoms with E-state index in [1.807, 2.05) is 49.4 Å². The van der Waals surface area contributed by atoms with Crippen LogP contribution in [0.15, 0.2) is 54.6 Å². The first-order valence-corrected chi connectivity index (χ1v) is 8.68. The van der Waals surface area contributed by atoms with Crippen molar-refractivity contribution in [2.24, 2.45) is 5.92 Å². The van der Waals surface area contributed by atoms with E-state index < -0.39 is 0 Å². The number of amides is 1. The number of rotatable bonds is 7. The molecule has 2 rings (SSSR count). The van der Waals surface area contributed by atoms with Crippen LogP contribution in [0.2, 0.25) is 5.02 Å². The number of halogens is 1. The zero-order valence-corrected chi connectivity index (χ0v) is 15.2. The quantitative estimate of drug-likeness (QED) is 0.776. The van der Waals surface area contributed by atoms with E-state index >= 15 is 0 Å². The summed E-state index contributed by atoms with van der Waals surface area (Å²) in [6, 6.07) is 17.9. The highest BCUT2D eigenvalue weighted by Gasteiger charge is 2.17. The van der Waals surface area contributed by atoms with Gasteiger partial charge in [0, 0.05) is 11.1 Å². The van der Waals surface area contributed by atoms with Gasteiger partial charge in [-0.15, -0.1) is 0 Å². The Labute approximate surface area is 149 Å². The van der Waals surface area contributed by atoms with Crippen molar-refractivity contribution in [3.8, 4) is 0 Å². The van der Waals surface area contributed by atoms with Crippen molar-refractivity contribution in [3.63, 3.8) is 0 Å². The van der Waals surface area contributed by atoms with Gasteiger partial charge in [-0.1, -0.05) is 67.9 Å². The fourth-order valence-electron chi connectivity index (χ4n) is 2.73. The Bertz CT molecular complexity index is 640. The highest BCUT2D eigenvalue weighted by atomic mass is 35.5. The summed E-state index contributed by atoms with van der Waals surface area (Å²) in [4.78, 5) is 12.3. The van der Waals surface area contributed by atoms with Crippen LogP contribution in [0.3, 0.4) is 0 Å². The van der Waals surface area contributed by atoms with Crippen LogP contribution in [0, 0.1) is 5.92 Å². The maximum atomic E-state index is 12.3. The Morgan fingerprint density at radius 1 is 0.958 bits per heavy atom. The molecule has 2 aromatic rings. The molecule has 0 aliphatic rings. The number of nitrogens with one attached hydrogen (secondary N) is 2. The lowest BCUT2D eigenvalue weighted by Crippen LogP contribution is -2.38. The van der Waals surface area contributed by atoms with Crippen LogP contribution in [0.5, 0.6) is 0 Å². The standard InChI is InChI=1S/C20H25ClN2O/c1-14(2)20(17-7-5-4-6-8-17)22-13-19(24)23-15(3)16-9-11-18(21)12-10-16/h4-12,14-15,20,22H,13H2,1-3H3,(H,23,24)/t15-,20+/m0/s1. The SMILES string of the molecule is CC(C)[C@@H](NCC(=O)N[C@@H](C)c1ccc(Cl)cc1)c1ccccc1. The van der Waals surface area contributed by atoms with Crippen LogP contribution in [0.4, 0.5) is 0 Å². The van der Waals surface area contributed by atoms with Crippen LogP contribution in [-0.2, 0) is 4.79 Å². The fraction of sp³-hybridized carbons (Fsp3) is 0.350. The third-order valence-electron chi connectivity index (χ3n) is 4.06.